The monoisotopic (exact) mass is 298 g/mol. The normalized spacial score (nSPS) is 29.5. The van der Waals surface area contributed by atoms with Crippen LogP contribution in [-0.2, 0) is 0 Å². The highest BCUT2D eigenvalue weighted by molar-refractivity contribution is 6.21. The number of alkyl halides is 1. The molecule has 20 heavy (non-hydrogen) atoms. The smallest absolute Gasteiger partial charge is 0.163 e. The lowest BCUT2D eigenvalue weighted by atomic mass is 10.0. The summed E-state index contributed by atoms with van der Waals surface area (Å²) in [5, 5.41) is -0.261. The van der Waals surface area contributed by atoms with Crippen LogP contribution in [0.2, 0.25) is 0 Å². The molecule has 3 rings (SSSR count). The maximum Gasteiger partial charge on any atom is 0.163 e. The van der Waals surface area contributed by atoms with Crippen molar-refractivity contribution >= 4 is 11.6 Å². The molecular weight excluding hydrogens is 279 g/mol. The lowest BCUT2D eigenvalue weighted by molar-refractivity contribution is 0.351. The van der Waals surface area contributed by atoms with Gasteiger partial charge in [0, 0.05) is 11.6 Å². The quantitative estimate of drug-likeness (QED) is 0.759. The molecule has 2 saturated carbocycles. The molecule has 2 nitrogen and oxygen atoms in total. The van der Waals surface area contributed by atoms with Gasteiger partial charge in [0.15, 0.2) is 11.5 Å². The van der Waals surface area contributed by atoms with Gasteiger partial charge >= 0.3 is 0 Å². The van der Waals surface area contributed by atoms with Crippen LogP contribution in [0.25, 0.3) is 0 Å². The number of methoxy groups -OCH3 is 2. The van der Waals surface area contributed by atoms with Crippen LogP contribution in [0, 0.1) is 23.6 Å². The van der Waals surface area contributed by atoms with E-state index in [4.69, 9.17) is 21.1 Å². The lowest BCUT2D eigenvalue weighted by Crippen LogP contribution is -2.02. The van der Waals surface area contributed by atoms with Crippen LogP contribution in [0.15, 0.2) is 12.1 Å². The molecule has 0 amide bonds. The predicted molar refractivity (Wildman–Crippen MR) is 77.0 cm³/mol. The second-order valence-corrected chi connectivity index (χ2v) is 6.29. The van der Waals surface area contributed by atoms with Crippen molar-refractivity contribution < 1.29 is 13.9 Å². The van der Waals surface area contributed by atoms with E-state index in [0.717, 1.165) is 0 Å². The van der Waals surface area contributed by atoms with Crippen LogP contribution in [0.3, 0.4) is 0 Å². The first-order chi connectivity index (χ1) is 9.67. The molecule has 0 aliphatic heterocycles. The SMILES string of the molecule is COc1cc(F)c(C(Cl)C2C3CCCCC32)cc1OC. The molecule has 2 fully saturated rings. The van der Waals surface area contributed by atoms with Gasteiger partial charge in [0.2, 0.25) is 0 Å². The Labute approximate surface area is 124 Å². The topological polar surface area (TPSA) is 18.5 Å². The Balaban J connectivity index is 1.86. The third-order valence-electron chi connectivity index (χ3n) is 4.86. The Bertz CT molecular complexity index is 493. The highest BCUT2D eigenvalue weighted by Crippen LogP contribution is 2.62. The molecule has 110 valence electrons. The third kappa shape index (κ3) is 2.26. The molecule has 0 heterocycles. The standard InChI is InChI=1S/C16H20ClFO2/c1-19-13-7-11(12(18)8-14(13)20-2)16(17)15-9-5-3-4-6-10(9)15/h7-10,15-16H,3-6H2,1-2H3. The molecule has 4 heteroatoms. The largest absolute Gasteiger partial charge is 0.493 e. The summed E-state index contributed by atoms with van der Waals surface area (Å²) in [4.78, 5) is 0. The van der Waals surface area contributed by atoms with Gasteiger partial charge in [0.1, 0.15) is 5.82 Å². The number of hydrogen-bond donors (Lipinski definition) is 0. The maximum atomic E-state index is 14.2. The molecule has 0 saturated heterocycles. The summed E-state index contributed by atoms with van der Waals surface area (Å²) in [5.74, 6) is 2.46. The summed E-state index contributed by atoms with van der Waals surface area (Å²) in [7, 11) is 3.06. The fourth-order valence-electron chi connectivity index (χ4n) is 3.77. The van der Waals surface area contributed by atoms with Gasteiger partial charge in [-0.25, -0.2) is 4.39 Å². The number of hydrogen-bond acceptors (Lipinski definition) is 2. The molecule has 3 unspecified atom stereocenters. The minimum atomic E-state index is -0.300. The van der Waals surface area contributed by atoms with Gasteiger partial charge in [0.05, 0.1) is 19.6 Å². The molecule has 0 radical (unpaired) electrons. The van der Waals surface area contributed by atoms with E-state index in [2.05, 4.69) is 0 Å². The molecule has 0 spiro atoms. The summed E-state index contributed by atoms with van der Waals surface area (Å²) in [6, 6.07) is 3.06. The van der Waals surface area contributed by atoms with Crippen molar-refractivity contribution in [1.29, 1.82) is 0 Å². The second-order valence-electron chi connectivity index (χ2n) is 5.82. The van der Waals surface area contributed by atoms with Gasteiger partial charge in [-0.1, -0.05) is 12.8 Å². The van der Waals surface area contributed by atoms with E-state index in [1.807, 2.05) is 0 Å². The molecule has 1 aromatic carbocycles. The molecule has 2 aliphatic carbocycles. The number of rotatable bonds is 4. The molecule has 0 bridgehead atoms. The van der Waals surface area contributed by atoms with Crippen LogP contribution in [0.5, 0.6) is 11.5 Å². The van der Waals surface area contributed by atoms with Crippen molar-refractivity contribution in [3.8, 4) is 11.5 Å². The van der Waals surface area contributed by atoms with Crippen molar-refractivity contribution in [1.82, 2.24) is 0 Å². The van der Waals surface area contributed by atoms with Gasteiger partial charge in [0.25, 0.3) is 0 Å². The lowest BCUT2D eigenvalue weighted by Gasteiger charge is -2.15. The van der Waals surface area contributed by atoms with Crippen LogP contribution < -0.4 is 9.47 Å². The molecule has 0 aromatic heterocycles. The summed E-state index contributed by atoms with van der Waals surface area (Å²) >= 11 is 6.57. The third-order valence-corrected chi connectivity index (χ3v) is 5.39. The van der Waals surface area contributed by atoms with Gasteiger partial charge in [-0.2, -0.15) is 0 Å². The maximum absolute atomic E-state index is 14.2. The first-order valence-electron chi connectivity index (χ1n) is 7.23. The summed E-state index contributed by atoms with van der Waals surface area (Å²) in [6.45, 7) is 0. The van der Waals surface area contributed by atoms with Crippen molar-refractivity contribution in [2.45, 2.75) is 31.1 Å². The highest BCUT2D eigenvalue weighted by atomic mass is 35.5. The summed E-state index contributed by atoms with van der Waals surface area (Å²) in [6.07, 6.45) is 5.06. The minimum Gasteiger partial charge on any atom is -0.493 e. The summed E-state index contributed by atoms with van der Waals surface area (Å²) in [5.41, 5.74) is 0.545. The highest BCUT2D eigenvalue weighted by Gasteiger charge is 2.54. The Morgan fingerprint density at radius 2 is 1.65 bits per heavy atom. The van der Waals surface area contributed by atoms with Gasteiger partial charge in [-0.3, -0.25) is 0 Å². The molecule has 2 aliphatic rings. The van der Waals surface area contributed by atoms with E-state index < -0.39 is 0 Å². The number of benzene rings is 1. The molecule has 3 atom stereocenters. The van der Waals surface area contributed by atoms with Crippen molar-refractivity contribution in [3.05, 3.63) is 23.5 Å². The van der Waals surface area contributed by atoms with Crippen molar-refractivity contribution in [3.63, 3.8) is 0 Å². The van der Waals surface area contributed by atoms with E-state index in [-0.39, 0.29) is 11.2 Å². The zero-order chi connectivity index (χ0) is 14.3. The fourth-order valence-corrected chi connectivity index (χ4v) is 4.31. The average molecular weight is 299 g/mol. The Hall–Kier alpha value is -0.960. The van der Waals surface area contributed by atoms with Crippen LogP contribution >= 0.6 is 11.6 Å². The van der Waals surface area contributed by atoms with Gasteiger partial charge in [-0.15, -0.1) is 11.6 Å². The fraction of sp³-hybridized carbons (Fsp3) is 0.625. The van der Waals surface area contributed by atoms with Crippen LogP contribution in [0.1, 0.15) is 36.6 Å². The molecular formula is C16H20ClFO2. The summed E-state index contributed by atoms with van der Waals surface area (Å²) < 4.78 is 24.6. The van der Waals surface area contributed by atoms with E-state index in [1.54, 1.807) is 13.2 Å². The van der Waals surface area contributed by atoms with Crippen molar-refractivity contribution in [2.24, 2.45) is 17.8 Å². The van der Waals surface area contributed by atoms with E-state index in [1.165, 1.54) is 38.9 Å². The Morgan fingerprint density at radius 3 is 2.20 bits per heavy atom. The molecule has 0 N–H and O–H groups in total. The van der Waals surface area contributed by atoms with Gasteiger partial charge in [-0.05, 0) is 36.7 Å². The minimum absolute atomic E-state index is 0.261. The zero-order valence-electron chi connectivity index (χ0n) is 11.9. The van der Waals surface area contributed by atoms with Crippen LogP contribution in [-0.4, -0.2) is 14.2 Å². The second kappa shape index (κ2) is 5.44. The Morgan fingerprint density at radius 1 is 1.10 bits per heavy atom. The number of halogens is 2. The van der Waals surface area contributed by atoms with Crippen LogP contribution in [0.4, 0.5) is 4.39 Å². The molecule has 1 aromatic rings. The Kier molecular flexibility index (Phi) is 3.80. The van der Waals surface area contributed by atoms with E-state index >= 15 is 0 Å². The number of ether oxygens (including phenoxy) is 2. The zero-order valence-corrected chi connectivity index (χ0v) is 12.6. The number of fused-ring (bicyclic) bond motifs is 1. The predicted octanol–water partition coefficient (Wildman–Crippen LogP) is 4.56. The van der Waals surface area contributed by atoms with E-state index in [9.17, 15) is 4.39 Å². The van der Waals surface area contributed by atoms with Gasteiger partial charge < -0.3 is 9.47 Å². The average Bonchev–Trinajstić information content (AvgIpc) is 3.20. The van der Waals surface area contributed by atoms with Crippen molar-refractivity contribution in [2.75, 3.05) is 14.2 Å². The first kappa shape index (κ1) is 14.0. The first-order valence-corrected chi connectivity index (χ1v) is 7.66. The van der Waals surface area contributed by atoms with E-state index in [0.29, 0.717) is 34.8 Å².